The van der Waals surface area contributed by atoms with E-state index in [2.05, 4.69) is 15.3 Å². The van der Waals surface area contributed by atoms with Crippen LogP contribution in [0.3, 0.4) is 0 Å². The minimum absolute atomic E-state index is 0.0261. The monoisotopic (exact) mass is 391 g/mol. The molecule has 1 atom stereocenters. The molecule has 0 amide bonds. The molecule has 0 radical (unpaired) electrons. The molecule has 28 heavy (non-hydrogen) atoms. The second kappa shape index (κ2) is 7.37. The number of fused-ring (bicyclic) bond motifs is 1. The smallest absolute Gasteiger partial charge is 0.147 e. The zero-order valence-corrected chi connectivity index (χ0v) is 15.9. The zero-order valence-electron chi connectivity index (χ0n) is 15.1. The number of phenols is 2. The van der Waals surface area contributed by atoms with Gasteiger partial charge in [-0.2, -0.15) is 0 Å². The Bertz CT molecular complexity index is 1140. The molecule has 2 heterocycles. The van der Waals surface area contributed by atoms with E-state index in [1.807, 2.05) is 37.3 Å². The summed E-state index contributed by atoms with van der Waals surface area (Å²) in [6.45, 7) is 1.96. The third-order valence-electron chi connectivity index (χ3n) is 4.62. The first-order valence-electron chi connectivity index (χ1n) is 8.78. The number of hydrogen-bond acceptors (Lipinski definition) is 5. The van der Waals surface area contributed by atoms with Crippen LogP contribution >= 0.6 is 11.6 Å². The molecule has 0 saturated heterocycles. The topological polar surface area (TPSA) is 78.3 Å². The maximum absolute atomic E-state index is 10.9. The normalized spacial score (nSPS) is 12.1. The van der Waals surface area contributed by atoms with Crippen molar-refractivity contribution in [3.63, 3.8) is 0 Å². The van der Waals surface area contributed by atoms with Crippen LogP contribution in [0, 0.1) is 6.92 Å². The van der Waals surface area contributed by atoms with Gasteiger partial charge in [0.25, 0.3) is 0 Å². The fourth-order valence-electron chi connectivity index (χ4n) is 3.26. The van der Waals surface area contributed by atoms with Crippen molar-refractivity contribution in [3.05, 3.63) is 88.7 Å². The number of benzene rings is 2. The molecule has 2 aromatic heterocycles. The van der Waals surface area contributed by atoms with Crippen LogP contribution in [-0.2, 0) is 0 Å². The molecule has 0 fully saturated rings. The lowest BCUT2D eigenvalue weighted by molar-refractivity contribution is 0.460. The highest BCUT2D eigenvalue weighted by Gasteiger charge is 2.25. The van der Waals surface area contributed by atoms with Crippen LogP contribution in [0.25, 0.3) is 10.9 Å². The molecule has 3 N–H and O–H groups in total. The van der Waals surface area contributed by atoms with Crippen LogP contribution in [0.5, 0.6) is 11.5 Å². The number of hydrogen-bond donors (Lipinski definition) is 3. The number of aromatic nitrogens is 2. The largest absolute Gasteiger partial charge is 0.508 e. The Hall–Kier alpha value is -3.31. The lowest BCUT2D eigenvalue weighted by Crippen LogP contribution is -2.14. The predicted octanol–water partition coefficient (Wildman–Crippen LogP) is 5.20. The Morgan fingerprint density at radius 3 is 2.61 bits per heavy atom. The Morgan fingerprint density at radius 1 is 0.964 bits per heavy atom. The van der Waals surface area contributed by atoms with E-state index in [-0.39, 0.29) is 11.5 Å². The average molecular weight is 392 g/mol. The zero-order chi connectivity index (χ0) is 19.7. The predicted molar refractivity (Wildman–Crippen MR) is 111 cm³/mol. The molecule has 0 saturated carbocycles. The third kappa shape index (κ3) is 3.32. The molecule has 4 rings (SSSR count). The van der Waals surface area contributed by atoms with E-state index in [1.54, 1.807) is 36.7 Å². The van der Waals surface area contributed by atoms with Gasteiger partial charge in [0, 0.05) is 33.9 Å². The Balaban J connectivity index is 1.92. The molecule has 1 unspecified atom stereocenters. The summed E-state index contributed by atoms with van der Waals surface area (Å²) >= 11 is 6.42. The highest BCUT2D eigenvalue weighted by atomic mass is 35.5. The summed E-state index contributed by atoms with van der Waals surface area (Å²) in [4.78, 5) is 8.64. The summed E-state index contributed by atoms with van der Waals surface area (Å²) < 4.78 is 0. The summed E-state index contributed by atoms with van der Waals surface area (Å²) in [7, 11) is 0. The van der Waals surface area contributed by atoms with Crippen molar-refractivity contribution >= 4 is 28.3 Å². The van der Waals surface area contributed by atoms with E-state index >= 15 is 0 Å². The molecule has 0 aliphatic carbocycles. The fraction of sp³-hybridized carbons (Fsp3) is 0.0909. The number of anilines is 1. The lowest BCUT2D eigenvalue weighted by atomic mass is 9.95. The summed E-state index contributed by atoms with van der Waals surface area (Å²) in [6, 6.07) is 15.5. The van der Waals surface area contributed by atoms with Crippen LogP contribution in [0.2, 0.25) is 5.02 Å². The van der Waals surface area contributed by atoms with Crippen LogP contribution in [0.15, 0.2) is 67.0 Å². The molecule has 2 aromatic carbocycles. The van der Waals surface area contributed by atoms with Crippen molar-refractivity contribution < 1.29 is 10.2 Å². The first-order valence-corrected chi connectivity index (χ1v) is 9.15. The number of halogens is 1. The maximum atomic E-state index is 10.9. The molecule has 4 aromatic rings. The molecule has 0 aliphatic heterocycles. The van der Waals surface area contributed by atoms with Gasteiger partial charge in [0.1, 0.15) is 22.8 Å². The van der Waals surface area contributed by atoms with E-state index in [4.69, 9.17) is 11.6 Å². The summed E-state index contributed by atoms with van der Waals surface area (Å²) in [6.07, 6.45) is 3.33. The quantitative estimate of drug-likeness (QED) is 0.445. The van der Waals surface area contributed by atoms with E-state index in [9.17, 15) is 10.2 Å². The first-order chi connectivity index (χ1) is 13.5. The summed E-state index contributed by atoms with van der Waals surface area (Å²) in [5, 5.41) is 26.0. The van der Waals surface area contributed by atoms with Crippen molar-refractivity contribution in [2.24, 2.45) is 0 Å². The van der Waals surface area contributed by atoms with Crippen LogP contribution in [0.1, 0.15) is 22.7 Å². The standard InChI is InChI=1S/C22H18ClN3O2/c1-13-9-11-24-18(12-13)26-21(19-16(23)5-2-6-17(19)27)15-8-7-14-4-3-10-25-20(14)22(15)28/h2-12,21,27-28H,1H3,(H,24,26). The number of nitrogens with zero attached hydrogens (tertiary/aromatic N) is 2. The molecular formula is C22H18ClN3O2. The van der Waals surface area contributed by atoms with Crippen molar-refractivity contribution in [3.8, 4) is 11.5 Å². The third-order valence-corrected chi connectivity index (χ3v) is 4.95. The SMILES string of the molecule is Cc1ccnc(NC(c2ccc3cccnc3c2O)c2c(O)cccc2Cl)c1. The van der Waals surface area contributed by atoms with Gasteiger partial charge in [0.05, 0.1) is 6.04 Å². The van der Waals surface area contributed by atoms with Crippen LogP contribution < -0.4 is 5.32 Å². The maximum Gasteiger partial charge on any atom is 0.147 e. The Labute approximate surface area is 167 Å². The number of nitrogens with one attached hydrogen (secondary N) is 1. The minimum Gasteiger partial charge on any atom is -0.508 e. The van der Waals surface area contributed by atoms with Crippen LogP contribution in [0.4, 0.5) is 5.82 Å². The molecule has 6 heteroatoms. The second-order valence-electron chi connectivity index (χ2n) is 6.55. The van der Waals surface area contributed by atoms with Crippen molar-refractivity contribution in [2.75, 3.05) is 5.32 Å². The van der Waals surface area contributed by atoms with Gasteiger partial charge in [-0.3, -0.25) is 4.98 Å². The lowest BCUT2D eigenvalue weighted by Gasteiger charge is -2.23. The highest BCUT2D eigenvalue weighted by molar-refractivity contribution is 6.31. The summed E-state index contributed by atoms with van der Waals surface area (Å²) in [5.74, 6) is 0.658. The van der Waals surface area contributed by atoms with Crippen LogP contribution in [-0.4, -0.2) is 20.2 Å². The van der Waals surface area contributed by atoms with Gasteiger partial charge in [-0.15, -0.1) is 0 Å². The van der Waals surface area contributed by atoms with Gasteiger partial charge in [0.2, 0.25) is 0 Å². The Morgan fingerprint density at radius 2 is 1.82 bits per heavy atom. The van der Waals surface area contributed by atoms with E-state index in [0.29, 0.717) is 27.5 Å². The van der Waals surface area contributed by atoms with Crippen molar-refractivity contribution in [1.82, 2.24) is 9.97 Å². The van der Waals surface area contributed by atoms with E-state index in [1.165, 1.54) is 0 Å². The molecule has 5 nitrogen and oxygen atoms in total. The number of rotatable bonds is 4. The van der Waals surface area contributed by atoms with Crippen molar-refractivity contribution in [1.29, 1.82) is 0 Å². The average Bonchev–Trinajstić information content (AvgIpc) is 2.68. The Kier molecular flexibility index (Phi) is 4.75. The summed E-state index contributed by atoms with van der Waals surface area (Å²) in [5.41, 5.74) is 2.51. The van der Waals surface area contributed by atoms with Gasteiger partial charge in [-0.25, -0.2) is 4.98 Å². The van der Waals surface area contributed by atoms with Gasteiger partial charge in [-0.05, 0) is 42.8 Å². The minimum atomic E-state index is -0.630. The first kappa shape index (κ1) is 18.1. The van der Waals surface area contributed by atoms with Crippen molar-refractivity contribution in [2.45, 2.75) is 13.0 Å². The molecule has 0 bridgehead atoms. The van der Waals surface area contributed by atoms with Gasteiger partial charge in [-0.1, -0.05) is 35.9 Å². The van der Waals surface area contributed by atoms with Gasteiger partial charge < -0.3 is 15.5 Å². The molecule has 140 valence electrons. The fourth-order valence-corrected chi connectivity index (χ4v) is 3.54. The number of phenolic OH excluding ortho intramolecular Hbond substituents is 2. The molecule has 0 aliphatic rings. The number of pyridine rings is 2. The number of aromatic hydroxyl groups is 2. The second-order valence-corrected chi connectivity index (χ2v) is 6.95. The highest BCUT2D eigenvalue weighted by Crippen LogP contribution is 2.41. The molecule has 0 spiro atoms. The van der Waals surface area contributed by atoms with Gasteiger partial charge in [0.15, 0.2) is 0 Å². The van der Waals surface area contributed by atoms with Gasteiger partial charge >= 0.3 is 0 Å². The number of aryl methyl sites for hydroxylation is 1. The van der Waals surface area contributed by atoms with E-state index < -0.39 is 6.04 Å². The van der Waals surface area contributed by atoms with E-state index in [0.717, 1.165) is 10.9 Å². The molecular weight excluding hydrogens is 374 g/mol.